The lowest BCUT2D eigenvalue weighted by Crippen LogP contribution is -2.26. The number of rotatable bonds is 6. The fourth-order valence-corrected chi connectivity index (χ4v) is 3.47. The minimum atomic E-state index is -3.60. The zero-order valence-electron chi connectivity index (χ0n) is 14.1. The standard InChI is InChI=1S/C18H22N2O3S/c1-4-19-18(21)13-15-7-9-16(10-8-15)20(3)24(22,23)17-11-5-14(2)6-12-17/h5-12H,4,13H2,1-3H3,(H,19,21). The fourth-order valence-electron chi connectivity index (χ4n) is 2.28. The van der Waals surface area contributed by atoms with Crippen molar-refractivity contribution in [3.8, 4) is 0 Å². The lowest BCUT2D eigenvalue weighted by molar-refractivity contribution is -0.120. The molecule has 24 heavy (non-hydrogen) atoms. The van der Waals surface area contributed by atoms with Gasteiger partial charge >= 0.3 is 0 Å². The highest BCUT2D eigenvalue weighted by atomic mass is 32.2. The lowest BCUT2D eigenvalue weighted by atomic mass is 10.1. The number of benzene rings is 2. The van der Waals surface area contributed by atoms with Gasteiger partial charge in [0.2, 0.25) is 5.91 Å². The van der Waals surface area contributed by atoms with Crippen molar-refractivity contribution in [3.63, 3.8) is 0 Å². The maximum Gasteiger partial charge on any atom is 0.264 e. The van der Waals surface area contributed by atoms with E-state index in [9.17, 15) is 13.2 Å². The molecule has 5 nitrogen and oxygen atoms in total. The van der Waals surface area contributed by atoms with Crippen LogP contribution in [0.4, 0.5) is 5.69 Å². The highest BCUT2D eigenvalue weighted by Crippen LogP contribution is 2.22. The second-order valence-corrected chi connectivity index (χ2v) is 7.55. The van der Waals surface area contributed by atoms with E-state index >= 15 is 0 Å². The average molecular weight is 346 g/mol. The molecular formula is C18H22N2O3S. The summed E-state index contributed by atoms with van der Waals surface area (Å²) in [5.74, 6) is -0.0501. The van der Waals surface area contributed by atoms with Gasteiger partial charge in [0, 0.05) is 13.6 Å². The van der Waals surface area contributed by atoms with E-state index in [4.69, 9.17) is 0 Å². The second-order valence-electron chi connectivity index (χ2n) is 5.58. The van der Waals surface area contributed by atoms with Gasteiger partial charge in [-0.3, -0.25) is 9.10 Å². The molecule has 6 heteroatoms. The quantitative estimate of drug-likeness (QED) is 0.874. The van der Waals surface area contributed by atoms with Crippen molar-refractivity contribution in [1.29, 1.82) is 0 Å². The molecule has 0 saturated carbocycles. The van der Waals surface area contributed by atoms with Gasteiger partial charge < -0.3 is 5.32 Å². The van der Waals surface area contributed by atoms with E-state index in [2.05, 4.69) is 5.32 Å². The predicted molar refractivity (Wildman–Crippen MR) is 95.6 cm³/mol. The molecule has 0 aliphatic carbocycles. The van der Waals surface area contributed by atoms with E-state index in [1.165, 1.54) is 11.4 Å². The van der Waals surface area contributed by atoms with Gasteiger partial charge in [0.15, 0.2) is 0 Å². The average Bonchev–Trinajstić information content (AvgIpc) is 2.55. The number of carbonyl (C=O) groups excluding carboxylic acids is 1. The summed E-state index contributed by atoms with van der Waals surface area (Å²) in [5.41, 5.74) is 2.40. The smallest absolute Gasteiger partial charge is 0.264 e. The topological polar surface area (TPSA) is 66.5 Å². The Morgan fingerprint density at radius 3 is 2.17 bits per heavy atom. The first kappa shape index (κ1) is 18.0. The molecule has 0 aliphatic heterocycles. The summed E-state index contributed by atoms with van der Waals surface area (Å²) in [6.45, 7) is 4.37. The highest BCUT2D eigenvalue weighted by molar-refractivity contribution is 7.92. The van der Waals surface area contributed by atoms with Crippen molar-refractivity contribution < 1.29 is 13.2 Å². The lowest BCUT2D eigenvalue weighted by Gasteiger charge is -2.20. The molecule has 0 spiro atoms. The van der Waals surface area contributed by atoms with E-state index in [-0.39, 0.29) is 17.2 Å². The molecule has 2 aromatic carbocycles. The number of carbonyl (C=O) groups is 1. The van der Waals surface area contributed by atoms with Crippen LogP contribution in [0.5, 0.6) is 0 Å². The Morgan fingerprint density at radius 2 is 1.62 bits per heavy atom. The number of anilines is 1. The molecule has 0 atom stereocenters. The van der Waals surface area contributed by atoms with Crippen molar-refractivity contribution >= 4 is 21.6 Å². The van der Waals surface area contributed by atoms with Gasteiger partial charge in [-0.2, -0.15) is 0 Å². The Morgan fingerprint density at radius 1 is 1.04 bits per heavy atom. The van der Waals surface area contributed by atoms with E-state index in [1.54, 1.807) is 48.5 Å². The third kappa shape index (κ3) is 4.14. The predicted octanol–water partition coefficient (Wildman–Crippen LogP) is 2.50. The molecule has 2 aromatic rings. The van der Waals surface area contributed by atoms with Gasteiger partial charge in [-0.25, -0.2) is 8.42 Å². The molecule has 0 bridgehead atoms. The molecule has 0 aliphatic rings. The largest absolute Gasteiger partial charge is 0.356 e. The summed E-state index contributed by atoms with van der Waals surface area (Å²) < 4.78 is 26.6. The van der Waals surface area contributed by atoms with Crippen molar-refractivity contribution in [2.75, 3.05) is 17.9 Å². The second kappa shape index (κ2) is 7.49. The number of nitrogens with one attached hydrogen (secondary N) is 1. The molecule has 1 N–H and O–H groups in total. The van der Waals surface area contributed by atoms with Crippen LogP contribution in [0.25, 0.3) is 0 Å². The molecule has 0 saturated heterocycles. The van der Waals surface area contributed by atoms with Gasteiger partial charge in [-0.1, -0.05) is 29.8 Å². The Hall–Kier alpha value is -2.34. The molecule has 0 radical (unpaired) electrons. The van der Waals surface area contributed by atoms with Crippen LogP contribution >= 0.6 is 0 Å². The zero-order valence-corrected chi connectivity index (χ0v) is 14.9. The Kier molecular flexibility index (Phi) is 5.62. The summed E-state index contributed by atoms with van der Waals surface area (Å²) in [6, 6.07) is 13.7. The fraction of sp³-hybridized carbons (Fsp3) is 0.278. The number of aryl methyl sites for hydroxylation is 1. The first-order valence-electron chi connectivity index (χ1n) is 7.76. The van der Waals surface area contributed by atoms with Gasteiger partial charge in [-0.05, 0) is 43.7 Å². The molecule has 2 rings (SSSR count). The van der Waals surface area contributed by atoms with Crippen LogP contribution in [-0.2, 0) is 21.2 Å². The van der Waals surface area contributed by atoms with Crippen LogP contribution in [0.2, 0.25) is 0 Å². The Bertz CT molecular complexity index is 797. The molecule has 128 valence electrons. The number of likely N-dealkylation sites (N-methyl/N-ethyl adjacent to an activating group) is 1. The van der Waals surface area contributed by atoms with E-state index < -0.39 is 10.0 Å². The summed E-state index contributed by atoms with van der Waals surface area (Å²) in [7, 11) is -2.08. The summed E-state index contributed by atoms with van der Waals surface area (Å²) in [5, 5.41) is 2.74. The van der Waals surface area contributed by atoms with Gasteiger partial charge in [-0.15, -0.1) is 0 Å². The summed E-state index contributed by atoms with van der Waals surface area (Å²) in [6.07, 6.45) is 0.280. The highest BCUT2D eigenvalue weighted by Gasteiger charge is 2.21. The van der Waals surface area contributed by atoms with Crippen LogP contribution < -0.4 is 9.62 Å². The normalized spacial score (nSPS) is 11.1. The zero-order chi connectivity index (χ0) is 17.7. The monoisotopic (exact) mass is 346 g/mol. The van der Waals surface area contributed by atoms with E-state index in [1.807, 2.05) is 13.8 Å². The maximum absolute atomic E-state index is 12.7. The Balaban J connectivity index is 2.18. The van der Waals surface area contributed by atoms with Crippen molar-refractivity contribution in [3.05, 3.63) is 59.7 Å². The minimum Gasteiger partial charge on any atom is -0.356 e. The SMILES string of the molecule is CCNC(=O)Cc1ccc(N(C)S(=O)(=O)c2ccc(C)cc2)cc1. The number of sulfonamides is 1. The first-order valence-corrected chi connectivity index (χ1v) is 9.20. The van der Waals surface area contributed by atoms with Crippen molar-refractivity contribution in [1.82, 2.24) is 5.32 Å². The van der Waals surface area contributed by atoms with E-state index in [0.717, 1.165) is 11.1 Å². The van der Waals surface area contributed by atoms with Gasteiger partial charge in [0.1, 0.15) is 0 Å². The van der Waals surface area contributed by atoms with Gasteiger partial charge in [0.25, 0.3) is 10.0 Å². The third-order valence-electron chi connectivity index (χ3n) is 3.72. The first-order chi connectivity index (χ1) is 11.3. The molecule has 0 unspecified atom stereocenters. The van der Waals surface area contributed by atoms with Crippen LogP contribution in [-0.4, -0.2) is 27.9 Å². The van der Waals surface area contributed by atoms with Crippen LogP contribution in [0.15, 0.2) is 53.4 Å². The molecule has 0 fully saturated rings. The van der Waals surface area contributed by atoms with Crippen LogP contribution in [0.1, 0.15) is 18.1 Å². The maximum atomic E-state index is 12.7. The number of nitrogens with zero attached hydrogens (tertiary/aromatic N) is 1. The van der Waals surface area contributed by atoms with E-state index in [0.29, 0.717) is 12.2 Å². The number of hydrogen-bond donors (Lipinski definition) is 1. The number of amides is 1. The molecule has 0 heterocycles. The molecule has 1 amide bonds. The number of hydrogen-bond acceptors (Lipinski definition) is 3. The Labute approximate surface area is 143 Å². The van der Waals surface area contributed by atoms with Crippen molar-refractivity contribution in [2.24, 2.45) is 0 Å². The van der Waals surface area contributed by atoms with Crippen LogP contribution in [0, 0.1) is 6.92 Å². The van der Waals surface area contributed by atoms with Crippen LogP contribution in [0.3, 0.4) is 0 Å². The third-order valence-corrected chi connectivity index (χ3v) is 5.52. The summed E-state index contributed by atoms with van der Waals surface area (Å²) >= 11 is 0. The van der Waals surface area contributed by atoms with Gasteiger partial charge in [0.05, 0.1) is 17.0 Å². The molecular weight excluding hydrogens is 324 g/mol. The summed E-state index contributed by atoms with van der Waals surface area (Å²) in [4.78, 5) is 11.8. The minimum absolute atomic E-state index is 0.0501. The molecule has 0 aromatic heterocycles. The van der Waals surface area contributed by atoms with Crippen molar-refractivity contribution in [2.45, 2.75) is 25.2 Å².